The number of rotatable bonds is 6. The van der Waals surface area contributed by atoms with E-state index in [9.17, 15) is 8.42 Å². The van der Waals surface area contributed by atoms with Gasteiger partial charge in [0.2, 0.25) is 10.0 Å². The molecule has 0 saturated carbocycles. The first-order valence-electron chi connectivity index (χ1n) is 5.81. The summed E-state index contributed by atoms with van der Waals surface area (Å²) in [5.74, 6) is 0. The van der Waals surface area contributed by atoms with Gasteiger partial charge in [0.05, 0.1) is 22.8 Å². The van der Waals surface area contributed by atoms with Crippen LogP contribution in [0.25, 0.3) is 0 Å². The Morgan fingerprint density at radius 2 is 2.05 bits per heavy atom. The van der Waals surface area contributed by atoms with Crippen LogP contribution in [0.15, 0.2) is 4.90 Å². The zero-order valence-electron chi connectivity index (χ0n) is 11.8. The lowest BCUT2D eigenvalue weighted by molar-refractivity contribution is 0.195. The summed E-state index contributed by atoms with van der Waals surface area (Å²) in [7, 11) is 1.35. The molecule has 1 heterocycles. The molecule has 1 aromatic rings. The summed E-state index contributed by atoms with van der Waals surface area (Å²) < 4.78 is 33.0. The Morgan fingerprint density at radius 3 is 2.47 bits per heavy atom. The average Bonchev–Trinajstić information content (AvgIpc) is 2.53. The minimum Gasteiger partial charge on any atom is -0.383 e. The second-order valence-corrected chi connectivity index (χ2v) is 7.74. The van der Waals surface area contributed by atoms with Gasteiger partial charge in [-0.25, -0.2) is 8.42 Å². The highest BCUT2D eigenvalue weighted by Crippen LogP contribution is 2.22. The number of ether oxygens (including phenoxy) is 1. The van der Waals surface area contributed by atoms with Crippen molar-refractivity contribution in [2.45, 2.75) is 23.6 Å². The summed E-state index contributed by atoms with van der Waals surface area (Å²) in [5.41, 5.74) is 1.16. The molecule has 19 heavy (non-hydrogen) atoms. The topological polar surface area (TPSA) is 64.4 Å². The Labute approximate surface area is 122 Å². The molecule has 0 saturated heterocycles. The van der Waals surface area contributed by atoms with Gasteiger partial charge in [-0.15, -0.1) is 0 Å². The first-order chi connectivity index (χ1) is 8.71. The molecule has 0 spiro atoms. The number of aromatic nitrogens is 2. The molecule has 1 rings (SSSR count). The second kappa shape index (κ2) is 6.34. The fourth-order valence-electron chi connectivity index (χ4n) is 1.89. The van der Waals surface area contributed by atoms with Crippen LogP contribution in [0.4, 0.5) is 0 Å². The van der Waals surface area contributed by atoms with Gasteiger partial charge in [-0.05, 0) is 13.8 Å². The normalized spacial score (nSPS) is 14.1. The van der Waals surface area contributed by atoms with Gasteiger partial charge in [0, 0.05) is 27.7 Å². The van der Waals surface area contributed by atoms with Crippen LogP contribution >= 0.6 is 15.9 Å². The van der Waals surface area contributed by atoms with Gasteiger partial charge < -0.3 is 4.74 Å². The number of aryl methyl sites for hydroxylation is 2. The molecule has 8 heteroatoms. The minimum absolute atomic E-state index is 0.0467. The van der Waals surface area contributed by atoms with E-state index >= 15 is 0 Å². The van der Waals surface area contributed by atoms with Crippen LogP contribution in [0.3, 0.4) is 0 Å². The van der Waals surface area contributed by atoms with Crippen LogP contribution in [0.5, 0.6) is 0 Å². The molecule has 0 amide bonds. The van der Waals surface area contributed by atoms with E-state index in [-0.39, 0.29) is 9.72 Å². The molecule has 0 aliphatic heterocycles. The summed E-state index contributed by atoms with van der Waals surface area (Å²) in [6.07, 6.45) is 0. The third-order valence-corrected chi connectivity index (χ3v) is 5.54. The molecule has 0 aliphatic carbocycles. The van der Waals surface area contributed by atoms with Crippen molar-refractivity contribution in [1.82, 2.24) is 14.1 Å². The van der Waals surface area contributed by atoms with E-state index in [4.69, 9.17) is 4.74 Å². The Hall–Kier alpha value is -0.440. The minimum atomic E-state index is -3.53. The van der Waals surface area contributed by atoms with E-state index in [2.05, 4.69) is 21.0 Å². The van der Waals surface area contributed by atoms with Crippen LogP contribution in [0.2, 0.25) is 0 Å². The summed E-state index contributed by atoms with van der Waals surface area (Å²) in [4.78, 5) is 0.240. The van der Waals surface area contributed by atoms with Crippen molar-refractivity contribution in [3.8, 4) is 0 Å². The van der Waals surface area contributed by atoms with Crippen LogP contribution < -0.4 is 0 Å². The van der Waals surface area contributed by atoms with Crippen LogP contribution in [-0.2, 0) is 21.8 Å². The van der Waals surface area contributed by atoms with Crippen LogP contribution in [0.1, 0.15) is 11.4 Å². The van der Waals surface area contributed by atoms with Crippen molar-refractivity contribution in [3.63, 3.8) is 0 Å². The number of sulfonamides is 1. The van der Waals surface area contributed by atoms with Gasteiger partial charge in [0.1, 0.15) is 4.90 Å². The number of hydrogen-bond acceptors (Lipinski definition) is 4. The predicted octanol–water partition coefficient (Wildman–Crippen LogP) is 1.07. The van der Waals surface area contributed by atoms with E-state index < -0.39 is 10.0 Å². The standard InChI is InChI=1S/C11H20BrN3O3S/c1-8-11(9(2)15(4)13-8)19(16,17)14(3)6-10(12)7-18-5/h10H,6-7H2,1-5H3. The Bertz CT molecular complexity index is 542. The van der Waals surface area contributed by atoms with Gasteiger partial charge >= 0.3 is 0 Å². The quantitative estimate of drug-likeness (QED) is 0.717. The maximum absolute atomic E-state index is 12.5. The molecular formula is C11H20BrN3O3S. The third-order valence-electron chi connectivity index (χ3n) is 2.91. The monoisotopic (exact) mass is 353 g/mol. The van der Waals surface area contributed by atoms with E-state index in [1.807, 2.05) is 0 Å². The summed E-state index contributed by atoms with van der Waals surface area (Å²) in [5, 5.41) is 4.15. The van der Waals surface area contributed by atoms with Crippen molar-refractivity contribution < 1.29 is 13.2 Å². The molecule has 0 aliphatic rings. The summed E-state index contributed by atoms with van der Waals surface area (Å²) in [6.45, 7) is 4.24. The van der Waals surface area contributed by atoms with Crippen molar-refractivity contribution >= 4 is 26.0 Å². The van der Waals surface area contributed by atoms with E-state index in [0.29, 0.717) is 24.5 Å². The van der Waals surface area contributed by atoms with Gasteiger partial charge in [-0.2, -0.15) is 9.40 Å². The molecule has 0 bridgehead atoms. The number of halogens is 1. The number of alkyl halides is 1. The highest BCUT2D eigenvalue weighted by Gasteiger charge is 2.29. The first kappa shape index (κ1) is 16.6. The Kier molecular flexibility index (Phi) is 5.54. The second-order valence-electron chi connectivity index (χ2n) is 4.46. The summed E-state index contributed by atoms with van der Waals surface area (Å²) in [6, 6.07) is 0. The third kappa shape index (κ3) is 3.56. The van der Waals surface area contributed by atoms with E-state index in [1.54, 1.807) is 39.7 Å². The molecule has 0 fully saturated rings. The van der Waals surface area contributed by atoms with Crippen molar-refractivity contribution in [1.29, 1.82) is 0 Å². The molecule has 0 N–H and O–H groups in total. The Morgan fingerprint density at radius 1 is 1.47 bits per heavy atom. The predicted molar refractivity (Wildman–Crippen MR) is 77.1 cm³/mol. The maximum Gasteiger partial charge on any atom is 0.246 e. The highest BCUT2D eigenvalue weighted by molar-refractivity contribution is 9.09. The zero-order chi connectivity index (χ0) is 14.8. The smallest absolute Gasteiger partial charge is 0.246 e. The number of methoxy groups -OCH3 is 1. The van der Waals surface area contributed by atoms with Crippen molar-refractivity contribution in [2.75, 3.05) is 27.3 Å². The fourth-order valence-corrected chi connectivity index (χ4v) is 4.39. The van der Waals surface area contributed by atoms with Gasteiger partial charge in [0.15, 0.2) is 0 Å². The number of hydrogen-bond donors (Lipinski definition) is 0. The van der Waals surface area contributed by atoms with E-state index in [0.717, 1.165) is 0 Å². The van der Waals surface area contributed by atoms with Crippen molar-refractivity contribution in [2.24, 2.45) is 7.05 Å². The molecule has 110 valence electrons. The van der Waals surface area contributed by atoms with Gasteiger partial charge in [-0.1, -0.05) is 15.9 Å². The van der Waals surface area contributed by atoms with Crippen molar-refractivity contribution in [3.05, 3.63) is 11.4 Å². The zero-order valence-corrected chi connectivity index (χ0v) is 14.2. The lowest BCUT2D eigenvalue weighted by atomic mass is 10.4. The molecule has 0 radical (unpaired) electrons. The first-order valence-corrected chi connectivity index (χ1v) is 8.17. The highest BCUT2D eigenvalue weighted by atomic mass is 79.9. The molecule has 1 atom stereocenters. The van der Waals surface area contributed by atoms with Crippen LogP contribution in [0, 0.1) is 13.8 Å². The summed E-state index contributed by atoms with van der Waals surface area (Å²) >= 11 is 3.39. The average molecular weight is 354 g/mol. The lowest BCUT2D eigenvalue weighted by Crippen LogP contribution is -2.34. The lowest BCUT2D eigenvalue weighted by Gasteiger charge is -2.20. The molecule has 1 aromatic heterocycles. The molecular weight excluding hydrogens is 334 g/mol. The molecule has 0 aromatic carbocycles. The maximum atomic E-state index is 12.5. The Balaban J connectivity index is 3.03. The van der Waals surface area contributed by atoms with Gasteiger partial charge in [-0.3, -0.25) is 4.68 Å². The SMILES string of the molecule is COCC(Br)CN(C)S(=O)(=O)c1c(C)nn(C)c1C. The largest absolute Gasteiger partial charge is 0.383 e. The fraction of sp³-hybridized carbons (Fsp3) is 0.727. The molecule has 1 unspecified atom stereocenters. The number of nitrogens with zero attached hydrogens (tertiary/aromatic N) is 3. The van der Waals surface area contributed by atoms with E-state index in [1.165, 1.54) is 4.31 Å². The van der Waals surface area contributed by atoms with Gasteiger partial charge in [0.25, 0.3) is 0 Å². The molecule has 6 nitrogen and oxygen atoms in total. The van der Waals surface area contributed by atoms with Crippen LogP contribution in [-0.4, -0.2) is 54.6 Å².